The van der Waals surface area contributed by atoms with Crippen LogP contribution in [0.4, 0.5) is 5.69 Å². The Morgan fingerprint density at radius 1 is 1.05 bits per heavy atom. The number of hydrogen-bond donors (Lipinski definition) is 1. The van der Waals surface area contributed by atoms with Crippen molar-refractivity contribution in [3.63, 3.8) is 0 Å². The number of methoxy groups -OCH3 is 2. The van der Waals surface area contributed by atoms with Crippen LogP contribution in [-0.2, 0) is 26.2 Å². The molecule has 0 radical (unpaired) electrons. The van der Waals surface area contributed by atoms with Crippen molar-refractivity contribution in [2.75, 3.05) is 31.3 Å². The van der Waals surface area contributed by atoms with Crippen LogP contribution in [0.5, 0.6) is 11.5 Å². The molecule has 9 nitrogen and oxygen atoms in total. The smallest absolute Gasteiger partial charge is 0.244 e. The molecule has 1 atom stereocenters. The number of amides is 2. The Morgan fingerprint density at radius 2 is 1.70 bits per heavy atom. The average Bonchev–Trinajstić information content (AvgIpc) is 3.38. The third-order valence-corrected chi connectivity index (χ3v) is 7.80. The minimum absolute atomic E-state index is 0.0971. The van der Waals surface area contributed by atoms with Crippen LogP contribution >= 0.6 is 0 Å². The molecule has 1 aliphatic rings. The predicted octanol–water partition coefficient (Wildman–Crippen LogP) is 3.25. The molecule has 0 heterocycles. The molecule has 0 saturated heterocycles. The summed E-state index contributed by atoms with van der Waals surface area (Å²) in [6, 6.07) is 11.7. The number of sulfonamides is 1. The van der Waals surface area contributed by atoms with Crippen molar-refractivity contribution in [3.05, 3.63) is 53.6 Å². The fourth-order valence-electron chi connectivity index (χ4n) is 4.45. The predicted molar refractivity (Wildman–Crippen MR) is 143 cm³/mol. The molecule has 0 spiro atoms. The van der Waals surface area contributed by atoms with Crippen molar-refractivity contribution in [2.24, 2.45) is 0 Å². The SMILES string of the molecule is COc1ccc(OC)c(N(CC(=O)N(Cc2ccc(C)cc2)C(C)C(=O)NC2CCCC2)S(C)(=O)=O)c1. The second kappa shape index (κ2) is 12.3. The zero-order chi connectivity index (χ0) is 27.2. The normalized spacial score (nSPS) is 14.6. The van der Waals surface area contributed by atoms with Gasteiger partial charge in [-0.05, 0) is 44.4 Å². The number of benzene rings is 2. The molecule has 1 N–H and O–H groups in total. The lowest BCUT2D eigenvalue weighted by Gasteiger charge is -2.32. The number of aryl methyl sites for hydroxylation is 1. The van der Waals surface area contributed by atoms with E-state index in [9.17, 15) is 18.0 Å². The molecule has 0 aliphatic heterocycles. The molecule has 0 bridgehead atoms. The highest BCUT2D eigenvalue weighted by atomic mass is 32.2. The topological polar surface area (TPSA) is 105 Å². The minimum Gasteiger partial charge on any atom is -0.497 e. The molecule has 2 amide bonds. The summed E-state index contributed by atoms with van der Waals surface area (Å²) in [4.78, 5) is 28.3. The first-order valence-corrected chi connectivity index (χ1v) is 14.2. The van der Waals surface area contributed by atoms with Crippen LogP contribution in [0.25, 0.3) is 0 Å². The summed E-state index contributed by atoms with van der Waals surface area (Å²) < 4.78 is 37.4. The van der Waals surface area contributed by atoms with Crippen LogP contribution in [-0.4, -0.2) is 64.2 Å². The van der Waals surface area contributed by atoms with Gasteiger partial charge < -0.3 is 19.7 Å². The first kappa shape index (κ1) is 28.3. The molecule has 1 fully saturated rings. The first-order chi connectivity index (χ1) is 17.5. The van der Waals surface area contributed by atoms with Gasteiger partial charge in [-0.1, -0.05) is 42.7 Å². The van der Waals surface area contributed by atoms with Gasteiger partial charge in [0.25, 0.3) is 0 Å². The summed E-state index contributed by atoms with van der Waals surface area (Å²) in [5.74, 6) is -0.0731. The fourth-order valence-corrected chi connectivity index (χ4v) is 5.30. The number of carbonyl (C=O) groups excluding carboxylic acids is 2. The van der Waals surface area contributed by atoms with Crippen LogP contribution in [0.15, 0.2) is 42.5 Å². The summed E-state index contributed by atoms with van der Waals surface area (Å²) in [6.07, 6.45) is 5.00. The number of anilines is 1. The molecule has 3 rings (SSSR count). The number of carbonyl (C=O) groups is 2. The third-order valence-electron chi connectivity index (χ3n) is 6.68. The Balaban J connectivity index is 1.93. The third kappa shape index (κ3) is 7.38. The molecular formula is C27H37N3O6S. The number of hydrogen-bond acceptors (Lipinski definition) is 6. The van der Waals surface area contributed by atoms with E-state index in [2.05, 4.69) is 5.32 Å². The second-order valence-electron chi connectivity index (χ2n) is 9.48. The van der Waals surface area contributed by atoms with Crippen LogP contribution in [0.1, 0.15) is 43.7 Å². The van der Waals surface area contributed by atoms with E-state index in [1.54, 1.807) is 19.1 Å². The van der Waals surface area contributed by atoms with Gasteiger partial charge in [0, 0.05) is 18.7 Å². The number of nitrogens with one attached hydrogen (secondary N) is 1. The van der Waals surface area contributed by atoms with Crippen molar-refractivity contribution < 1.29 is 27.5 Å². The molecule has 10 heteroatoms. The van der Waals surface area contributed by atoms with Crippen molar-refractivity contribution >= 4 is 27.5 Å². The molecule has 1 unspecified atom stereocenters. The van der Waals surface area contributed by atoms with Crippen LogP contribution < -0.4 is 19.1 Å². The van der Waals surface area contributed by atoms with E-state index in [1.165, 1.54) is 25.2 Å². The first-order valence-electron chi connectivity index (χ1n) is 12.4. The van der Waals surface area contributed by atoms with E-state index in [-0.39, 0.29) is 29.9 Å². The summed E-state index contributed by atoms with van der Waals surface area (Å²) in [5, 5.41) is 3.06. The van der Waals surface area contributed by atoms with Gasteiger partial charge in [0.2, 0.25) is 21.8 Å². The van der Waals surface area contributed by atoms with E-state index in [0.29, 0.717) is 5.75 Å². The summed E-state index contributed by atoms with van der Waals surface area (Å²) >= 11 is 0. The summed E-state index contributed by atoms with van der Waals surface area (Å²) in [5.41, 5.74) is 2.09. The minimum atomic E-state index is -3.90. The Hall–Kier alpha value is -3.27. The van der Waals surface area contributed by atoms with Crippen molar-refractivity contribution in [2.45, 2.75) is 58.2 Å². The highest BCUT2D eigenvalue weighted by Gasteiger charge is 2.32. The van der Waals surface area contributed by atoms with E-state index in [0.717, 1.165) is 47.4 Å². The largest absolute Gasteiger partial charge is 0.497 e. The van der Waals surface area contributed by atoms with E-state index >= 15 is 0 Å². The zero-order valence-corrected chi connectivity index (χ0v) is 23.0. The van der Waals surface area contributed by atoms with Gasteiger partial charge in [0.05, 0.1) is 26.2 Å². The molecular weight excluding hydrogens is 494 g/mol. The summed E-state index contributed by atoms with van der Waals surface area (Å²) in [7, 11) is -1.01. The van der Waals surface area contributed by atoms with Gasteiger partial charge >= 0.3 is 0 Å². The molecule has 37 heavy (non-hydrogen) atoms. The molecule has 0 aromatic heterocycles. The Bertz CT molecular complexity index is 1190. The number of ether oxygens (including phenoxy) is 2. The van der Waals surface area contributed by atoms with Gasteiger partial charge in [-0.2, -0.15) is 0 Å². The molecule has 1 saturated carbocycles. The van der Waals surface area contributed by atoms with E-state index in [1.807, 2.05) is 31.2 Å². The maximum absolute atomic E-state index is 13.7. The monoisotopic (exact) mass is 531 g/mol. The van der Waals surface area contributed by atoms with Gasteiger partial charge in [0.1, 0.15) is 24.1 Å². The second-order valence-corrected chi connectivity index (χ2v) is 11.4. The standard InChI is InChI=1S/C27H37N3O6S/c1-19-10-12-21(13-11-19)17-29(20(2)27(32)28-22-8-6-7-9-22)26(31)18-30(37(5,33)34)24-16-23(35-3)14-15-25(24)36-4/h10-16,20,22H,6-9,17-18H2,1-5H3,(H,28,32). The zero-order valence-electron chi connectivity index (χ0n) is 22.2. The molecule has 202 valence electrons. The average molecular weight is 532 g/mol. The van der Waals surface area contributed by atoms with Crippen LogP contribution in [0, 0.1) is 6.92 Å². The molecule has 2 aromatic rings. The van der Waals surface area contributed by atoms with Crippen LogP contribution in [0.3, 0.4) is 0 Å². The van der Waals surface area contributed by atoms with E-state index in [4.69, 9.17) is 9.47 Å². The number of rotatable bonds is 11. The van der Waals surface area contributed by atoms with Crippen LogP contribution in [0.2, 0.25) is 0 Å². The quantitative estimate of drug-likeness (QED) is 0.477. The van der Waals surface area contributed by atoms with Crippen molar-refractivity contribution in [1.82, 2.24) is 10.2 Å². The van der Waals surface area contributed by atoms with Crippen molar-refractivity contribution in [3.8, 4) is 11.5 Å². The van der Waals surface area contributed by atoms with Gasteiger partial charge in [-0.15, -0.1) is 0 Å². The van der Waals surface area contributed by atoms with Gasteiger partial charge in [0.15, 0.2) is 0 Å². The molecule has 2 aromatic carbocycles. The van der Waals surface area contributed by atoms with Crippen molar-refractivity contribution in [1.29, 1.82) is 0 Å². The lowest BCUT2D eigenvalue weighted by Crippen LogP contribution is -2.52. The lowest BCUT2D eigenvalue weighted by molar-refractivity contribution is -0.139. The van der Waals surface area contributed by atoms with Gasteiger partial charge in [-0.25, -0.2) is 8.42 Å². The Morgan fingerprint density at radius 3 is 2.27 bits per heavy atom. The molecule has 1 aliphatic carbocycles. The Labute approximate surface area is 219 Å². The lowest BCUT2D eigenvalue weighted by atomic mass is 10.1. The Kier molecular flexibility index (Phi) is 9.42. The highest BCUT2D eigenvalue weighted by Crippen LogP contribution is 2.34. The van der Waals surface area contributed by atoms with E-state index < -0.39 is 28.5 Å². The maximum Gasteiger partial charge on any atom is 0.244 e. The maximum atomic E-state index is 13.7. The fraction of sp³-hybridized carbons (Fsp3) is 0.481. The van der Waals surface area contributed by atoms with Gasteiger partial charge in [-0.3, -0.25) is 13.9 Å². The highest BCUT2D eigenvalue weighted by molar-refractivity contribution is 7.92. The summed E-state index contributed by atoms with van der Waals surface area (Å²) in [6.45, 7) is 3.30. The number of nitrogens with zero attached hydrogens (tertiary/aromatic N) is 2.